The van der Waals surface area contributed by atoms with Crippen molar-refractivity contribution in [3.8, 4) is 0 Å². The fourth-order valence-corrected chi connectivity index (χ4v) is 4.25. The van der Waals surface area contributed by atoms with Gasteiger partial charge in [-0.05, 0) is 42.2 Å². The van der Waals surface area contributed by atoms with Crippen molar-refractivity contribution in [1.82, 2.24) is 10.6 Å². The number of carbonyl (C=O) groups excluding carboxylic acids is 1. The van der Waals surface area contributed by atoms with Crippen LogP contribution in [0.4, 0.5) is 5.69 Å². The maximum Gasteiger partial charge on any atom is 0.227 e. The second kappa shape index (κ2) is 12.2. The predicted octanol–water partition coefficient (Wildman–Crippen LogP) is 3.23. The van der Waals surface area contributed by atoms with Crippen LogP contribution >= 0.6 is 24.0 Å². The van der Waals surface area contributed by atoms with Gasteiger partial charge in [0.25, 0.3) is 0 Å². The van der Waals surface area contributed by atoms with Crippen molar-refractivity contribution < 1.29 is 13.2 Å². The molecule has 1 saturated heterocycles. The van der Waals surface area contributed by atoms with Gasteiger partial charge in [0.2, 0.25) is 5.91 Å². The summed E-state index contributed by atoms with van der Waals surface area (Å²) < 4.78 is 22.8. The Hall–Kier alpha value is -2.14. The van der Waals surface area contributed by atoms with E-state index in [0.717, 1.165) is 41.9 Å². The first-order valence-corrected chi connectivity index (χ1v) is 12.6. The van der Waals surface area contributed by atoms with Crippen LogP contribution in [0.5, 0.6) is 0 Å². The van der Waals surface area contributed by atoms with Crippen LogP contribution in [0.25, 0.3) is 0 Å². The van der Waals surface area contributed by atoms with Gasteiger partial charge >= 0.3 is 0 Å². The normalized spacial score (nSPS) is 14.2. The van der Waals surface area contributed by atoms with Crippen LogP contribution in [0.1, 0.15) is 36.5 Å². The summed E-state index contributed by atoms with van der Waals surface area (Å²) in [5.74, 6) is 0.950. The number of hydrogen-bond acceptors (Lipinski definition) is 4. The van der Waals surface area contributed by atoms with Crippen molar-refractivity contribution in [3.05, 3.63) is 65.2 Å². The Bertz CT molecular complexity index is 1020. The maximum absolute atomic E-state index is 11.9. The van der Waals surface area contributed by atoms with Crippen molar-refractivity contribution in [2.24, 2.45) is 4.99 Å². The first-order chi connectivity index (χ1) is 14.8. The lowest BCUT2D eigenvalue weighted by molar-refractivity contribution is -0.117. The summed E-state index contributed by atoms with van der Waals surface area (Å²) in [6.45, 7) is 4.66. The van der Waals surface area contributed by atoms with Crippen LogP contribution in [0.15, 0.2) is 53.5 Å². The van der Waals surface area contributed by atoms with Gasteiger partial charge in [-0.3, -0.25) is 4.79 Å². The highest BCUT2D eigenvalue weighted by molar-refractivity contribution is 14.0. The number of guanidine groups is 1. The Morgan fingerprint density at radius 3 is 2.19 bits per heavy atom. The molecule has 0 aliphatic carbocycles. The van der Waals surface area contributed by atoms with Gasteiger partial charge in [0, 0.05) is 38.0 Å². The molecule has 7 nitrogen and oxygen atoms in total. The standard InChI is InChI=1S/C23H30N4O3S.HI/c1-3-24-23(25-15-18-6-8-20(9-7-18)17-31(2,29)30)26-16-19-10-12-21(13-11-19)27-14-4-5-22(27)28;/h6-13H,3-5,14-17H2,1-2H3,(H2,24,25,26);1H. The molecule has 3 rings (SSSR count). The topological polar surface area (TPSA) is 90.9 Å². The summed E-state index contributed by atoms with van der Waals surface area (Å²) in [5.41, 5.74) is 3.84. The highest BCUT2D eigenvalue weighted by atomic mass is 127. The van der Waals surface area contributed by atoms with Gasteiger partial charge in [0.1, 0.15) is 0 Å². The molecular weight excluding hydrogens is 539 g/mol. The molecule has 0 unspecified atom stereocenters. The minimum absolute atomic E-state index is 0. The molecule has 1 aliphatic heterocycles. The number of carbonyl (C=O) groups is 1. The monoisotopic (exact) mass is 570 g/mol. The summed E-state index contributed by atoms with van der Waals surface area (Å²) in [6.07, 6.45) is 2.79. The predicted molar refractivity (Wildman–Crippen MR) is 140 cm³/mol. The molecule has 0 saturated carbocycles. The van der Waals surface area contributed by atoms with Crippen LogP contribution in [0.3, 0.4) is 0 Å². The third-order valence-corrected chi connectivity index (χ3v) is 5.85. The van der Waals surface area contributed by atoms with Gasteiger partial charge in [-0.2, -0.15) is 0 Å². The molecule has 0 atom stereocenters. The smallest absolute Gasteiger partial charge is 0.227 e. The molecule has 32 heavy (non-hydrogen) atoms. The quantitative estimate of drug-likeness (QED) is 0.289. The Balaban J connectivity index is 0.00000363. The van der Waals surface area contributed by atoms with Crippen molar-refractivity contribution in [3.63, 3.8) is 0 Å². The number of aliphatic imine (C=N–C) groups is 1. The molecule has 0 aromatic heterocycles. The third kappa shape index (κ3) is 8.09. The fraction of sp³-hybridized carbons (Fsp3) is 0.391. The zero-order valence-electron chi connectivity index (χ0n) is 18.5. The van der Waals surface area contributed by atoms with E-state index >= 15 is 0 Å². The molecule has 174 valence electrons. The fourth-order valence-electron chi connectivity index (χ4n) is 3.46. The van der Waals surface area contributed by atoms with Crippen LogP contribution in [-0.2, 0) is 33.5 Å². The van der Waals surface area contributed by atoms with E-state index in [-0.39, 0.29) is 35.6 Å². The average Bonchev–Trinajstić information content (AvgIpc) is 3.16. The van der Waals surface area contributed by atoms with E-state index in [9.17, 15) is 13.2 Å². The lowest BCUT2D eigenvalue weighted by atomic mass is 10.1. The summed E-state index contributed by atoms with van der Waals surface area (Å²) in [6, 6.07) is 15.5. The Kier molecular flexibility index (Phi) is 9.95. The van der Waals surface area contributed by atoms with Crippen LogP contribution in [0, 0.1) is 0 Å². The molecule has 1 fully saturated rings. The number of anilines is 1. The van der Waals surface area contributed by atoms with Crippen LogP contribution in [-0.4, -0.2) is 39.6 Å². The summed E-state index contributed by atoms with van der Waals surface area (Å²) in [4.78, 5) is 18.4. The van der Waals surface area contributed by atoms with Crippen molar-refractivity contribution in [2.75, 3.05) is 24.2 Å². The van der Waals surface area contributed by atoms with E-state index < -0.39 is 9.84 Å². The minimum Gasteiger partial charge on any atom is -0.357 e. The van der Waals surface area contributed by atoms with Crippen LogP contribution < -0.4 is 15.5 Å². The molecule has 0 bridgehead atoms. The van der Waals surface area contributed by atoms with Crippen molar-refractivity contribution in [1.29, 1.82) is 0 Å². The first kappa shape index (κ1) is 26.1. The minimum atomic E-state index is -3.03. The zero-order valence-corrected chi connectivity index (χ0v) is 21.7. The highest BCUT2D eigenvalue weighted by Gasteiger charge is 2.21. The van der Waals surface area contributed by atoms with Gasteiger partial charge < -0.3 is 15.5 Å². The van der Waals surface area contributed by atoms with Gasteiger partial charge in [0.05, 0.1) is 12.3 Å². The number of nitrogens with one attached hydrogen (secondary N) is 2. The number of halogens is 1. The van der Waals surface area contributed by atoms with Gasteiger partial charge in [-0.25, -0.2) is 13.4 Å². The molecule has 1 amide bonds. The number of rotatable bonds is 8. The maximum atomic E-state index is 11.9. The number of benzene rings is 2. The molecule has 1 aliphatic rings. The second-order valence-electron chi connectivity index (χ2n) is 7.75. The number of amides is 1. The number of nitrogens with zero attached hydrogens (tertiary/aromatic N) is 2. The lowest BCUT2D eigenvalue weighted by Gasteiger charge is -2.16. The van der Waals surface area contributed by atoms with Gasteiger partial charge in [-0.15, -0.1) is 24.0 Å². The van der Waals surface area contributed by atoms with E-state index in [1.165, 1.54) is 6.26 Å². The molecule has 2 aromatic rings. The first-order valence-electron chi connectivity index (χ1n) is 10.5. The largest absolute Gasteiger partial charge is 0.357 e. The molecular formula is C23H31IN4O3S. The second-order valence-corrected chi connectivity index (χ2v) is 9.89. The average molecular weight is 570 g/mol. The van der Waals surface area contributed by atoms with E-state index in [1.54, 1.807) is 0 Å². The molecule has 1 heterocycles. The molecule has 9 heteroatoms. The van der Waals surface area contributed by atoms with Gasteiger partial charge in [-0.1, -0.05) is 36.4 Å². The summed E-state index contributed by atoms with van der Waals surface area (Å²) in [5, 5.41) is 6.54. The molecule has 2 N–H and O–H groups in total. The zero-order chi connectivity index (χ0) is 22.3. The Morgan fingerprint density at radius 2 is 1.62 bits per heavy atom. The Morgan fingerprint density at radius 1 is 1.00 bits per heavy atom. The lowest BCUT2D eigenvalue weighted by Crippen LogP contribution is -2.36. The molecule has 0 radical (unpaired) electrons. The van der Waals surface area contributed by atoms with Crippen molar-refractivity contribution in [2.45, 2.75) is 38.6 Å². The van der Waals surface area contributed by atoms with E-state index in [1.807, 2.05) is 60.4 Å². The highest BCUT2D eigenvalue weighted by Crippen LogP contribution is 2.21. The third-order valence-electron chi connectivity index (χ3n) is 5.00. The molecule has 0 spiro atoms. The summed E-state index contributed by atoms with van der Waals surface area (Å²) in [7, 11) is -3.03. The van der Waals surface area contributed by atoms with Gasteiger partial charge in [0.15, 0.2) is 15.8 Å². The van der Waals surface area contributed by atoms with Crippen LogP contribution in [0.2, 0.25) is 0 Å². The van der Waals surface area contributed by atoms with Crippen molar-refractivity contribution >= 4 is 51.4 Å². The summed E-state index contributed by atoms with van der Waals surface area (Å²) >= 11 is 0. The van der Waals surface area contributed by atoms with E-state index in [4.69, 9.17) is 0 Å². The molecule has 2 aromatic carbocycles. The SMILES string of the molecule is CCNC(=NCc1ccc(N2CCCC2=O)cc1)NCc1ccc(CS(C)(=O)=O)cc1.I. The number of hydrogen-bond donors (Lipinski definition) is 2. The van der Waals surface area contributed by atoms with E-state index in [2.05, 4.69) is 15.6 Å². The Labute approximate surface area is 207 Å². The number of sulfone groups is 1. The van der Waals surface area contributed by atoms with E-state index in [0.29, 0.717) is 25.5 Å².